The third kappa shape index (κ3) is 2.18. The third-order valence-electron chi connectivity index (χ3n) is 3.50. The van der Waals surface area contributed by atoms with Gasteiger partial charge in [0.15, 0.2) is 0 Å². The van der Waals surface area contributed by atoms with Gasteiger partial charge in [0.25, 0.3) is 0 Å². The summed E-state index contributed by atoms with van der Waals surface area (Å²) in [6.45, 7) is 4.12. The Kier molecular flexibility index (Phi) is 3.03. The lowest BCUT2D eigenvalue weighted by Crippen LogP contribution is -1.97. The Morgan fingerprint density at radius 2 is 1.65 bits per heavy atom. The topological polar surface area (TPSA) is 38.0 Å². The van der Waals surface area contributed by atoms with Gasteiger partial charge in [-0.1, -0.05) is 36.4 Å². The van der Waals surface area contributed by atoms with Gasteiger partial charge in [0.2, 0.25) is 5.88 Å². The van der Waals surface area contributed by atoms with Gasteiger partial charge in [0, 0.05) is 11.6 Å². The van der Waals surface area contributed by atoms with Crippen LogP contribution >= 0.6 is 0 Å². The number of nitrogens with zero attached hydrogens (tertiary/aromatic N) is 2. The molecule has 20 heavy (non-hydrogen) atoms. The molecule has 0 fully saturated rings. The Balaban J connectivity index is 2.07. The molecule has 0 radical (unpaired) electrons. The predicted molar refractivity (Wildman–Crippen MR) is 80.1 cm³/mol. The second-order valence-corrected chi connectivity index (χ2v) is 4.93. The van der Waals surface area contributed by atoms with E-state index in [1.54, 1.807) is 10.7 Å². The van der Waals surface area contributed by atoms with E-state index >= 15 is 0 Å². The van der Waals surface area contributed by atoms with Crippen LogP contribution in [0, 0.1) is 13.8 Å². The molecule has 1 aromatic heterocycles. The van der Waals surface area contributed by atoms with E-state index in [0.717, 1.165) is 16.9 Å². The lowest BCUT2D eigenvalue weighted by molar-refractivity contribution is 0.433. The maximum absolute atomic E-state index is 10.1. The number of hydrogen-bond acceptors (Lipinski definition) is 2. The zero-order chi connectivity index (χ0) is 14.1. The zero-order valence-electron chi connectivity index (χ0n) is 11.5. The smallest absolute Gasteiger partial charge is 0.214 e. The second kappa shape index (κ2) is 4.85. The Hall–Kier alpha value is -2.55. The van der Waals surface area contributed by atoms with Crippen molar-refractivity contribution in [3.8, 4) is 22.8 Å². The number of aromatic nitrogens is 2. The molecule has 3 nitrogen and oxygen atoms in total. The minimum atomic E-state index is 0.145. The largest absolute Gasteiger partial charge is 0.493 e. The zero-order valence-corrected chi connectivity index (χ0v) is 11.5. The fourth-order valence-corrected chi connectivity index (χ4v) is 2.17. The maximum Gasteiger partial charge on any atom is 0.214 e. The fraction of sp³-hybridized carbons (Fsp3) is 0.118. The standard InChI is InChI=1S/C17H16N2O/c1-12-8-9-15(10-13(12)2)19-17(20)11-16(18-19)14-6-4-3-5-7-14/h3-11,20H,1-2H3. The average molecular weight is 264 g/mol. The first-order valence-corrected chi connectivity index (χ1v) is 6.57. The van der Waals surface area contributed by atoms with Crippen molar-refractivity contribution in [2.24, 2.45) is 0 Å². The van der Waals surface area contributed by atoms with Gasteiger partial charge in [0.05, 0.1) is 11.4 Å². The molecule has 0 amide bonds. The van der Waals surface area contributed by atoms with Crippen molar-refractivity contribution in [2.45, 2.75) is 13.8 Å². The van der Waals surface area contributed by atoms with Crippen molar-refractivity contribution in [1.82, 2.24) is 9.78 Å². The lowest BCUT2D eigenvalue weighted by Gasteiger charge is -2.06. The molecule has 3 aromatic rings. The molecule has 0 aliphatic carbocycles. The van der Waals surface area contributed by atoms with Crippen LogP contribution in [-0.2, 0) is 0 Å². The van der Waals surface area contributed by atoms with Crippen LogP contribution in [-0.4, -0.2) is 14.9 Å². The first-order chi connectivity index (χ1) is 9.65. The van der Waals surface area contributed by atoms with Crippen LogP contribution in [0.15, 0.2) is 54.6 Å². The van der Waals surface area contributed by atoms with Crippen LogP contribution < -0.4 is 0 Å². The normalized spacial score (nSPS) is 10.7. The third-order valence-corrected chi connectivity index (χ3v) is 3.50. The summed E-state index contributed by atoms with van der Waals surface area (Å²) in [6.07, 6.45) is 0. The molecule has 2 aromatic carbocycles. The van der Waals surface area contributed by atoms with Gasteiger partial charge in [-0.3, -0.25) is 0 Å². The van der Waals surface area contributed by atoms with Crippen LogP contribution in [0.4, 0.5) is 0 Å². The van der Waals surface area contributed by atoms with Gasteiger partial charge in [0.1, 0.15) is 0 Å². The Morgan fingerprint density at radius 3 is 2.35 bits per heavy atom. The number of aromatic hydroxyl groups is 1. The molecule has 0 atom stereocenters. The molecule has 0 saturated heterocycles. The highest BCUT2D eigenvalue weighted by Gasteiger charge is 2.10. The highest BCUT2D eigenvalue weighted by molar-refractivity contribution is 5.60. The summed E-state index contributed by atoms with van der Waals surface area (Å²) in [6, 6.07) is 17.5. The van der Waals surface area contributed by atoms with Crippen LogP contribution in [0.5, 0.6) is 5.88 Å². The summed E-state index contributed by atoms with van der Waals surface area (Å²) < 4.78 is 1.56. The van der Waals surface area contributed by atoms with Gasteiger partial charge in [-0.05, 0) is 37.1 Å². The van der Waals surface area contributed by atoms with Crippen molar-refractivity contribution in [2.75, 3.05) is 0 Å². The molecule has 0 spiro atoms. The van der Waals surface area contributed by atoms with E-state index in [2.05, 4.69) is 18.9 Å². The van der Waals surface area contributed by atoms with Gasteiger partial charge in [-0.2, -0.15) is 5.10 Å². The predicted octanol–water partition coefficient (Wildman–Crippen LogP) is 3.86. The first-order valence-electron chi connectivity index (χ1n) is 6.57. The van der Waals surface area contributed by atoms with E-state index in [1.165, 1.54) is 11.1 Å². The number of hydrogen-bond donors (Lipinski definition) is 1. The van der Waals surface area contributed by atoms with Crippen LogP contribution in [0.3, 0.4) is 0 Å². The summed E-state index contributed by atoms with van der Waals surface area (Å²) in [5.41, 5.74) is 5.03. The minimum absolute atomic E-state index is 0.145. The van der Waals surface area contributed by atoms with Crippen molar-refractivity contribution >= 4 is 0 Å². The van der Waals surface area contributed by atoms with Crippen LogP contribution in [0.25, 0.3) is 16.9 Å². The summed E-state index contributed by atoms with van der Waals surface area (Å²) in [4.78, 5) is 0. The molecule has 0 saturated carbocycles. The fourth-order valence-electron chi connectivity index (χ4n) is 2.17. The molecule has 0 aliphatic rings. The van der Waals surface area contributed by atoms with Gasteiger partial charge in [-0.25, -0.2) is 4.68 Å². The minimum Gasteiger partial charge on any atom is -0.493 e. The molecule has 1 N–H and O–H groups in total. The van der Waals surface area contributed by atoms with E-state index in [-0.39, 0.29) is 5.88 Å². The van der Waals surface area contributed by atoms with Gasteiger partial charge < -0.3 is 5.11 Å². The maximum atomic E-state index is 10.1. The molecule has 0 unspecified atom stereocenters. The van der Waals surface area contributed by atoms with Crippen molar-refractivity contribution in [1.29, 1.82) is 0 Å². The highest BCUT2D eigenvalue weighted by Crippen LogP contribution is 2.25. The molecule has 0 bridgehead atoms. The van der Waals surface area contributed by atoms with E-state index in [4.69, 9.17) is 0 Å². The Labute approximate surface area is 118 Å². The monoisotopic (exact) mass is 264 g/mol. The van der Waals surface area contributed by atoms with E-state index in [0.29, 0.717) is 0 Å². The summed E-state index contributed by atoms with van der Waals surface area (Å²) in [5.74, 6) is 0.145. The Bertz CT molecular complexity index is 745. The molecule has 1 heterocycles. The summed E-state index contributed by atoms with van der Waals surface area (Å²) >= 11 is 0. The molecular formula is C17H16N2O. The number of benzene rings is 2. The van der Waals surface area contributed by atoms with E-state index in [1.807, 2.05) is 48.5 Å². The van der Waals surface area contributed by atoms with Crippen LogP contribution in [0.1, 0.15) is 11.1 Å². The lowest BCUT2D eigenvalue weighted by atomic mass is 10.1. The summed E-state index contributed by atoms with van der Waals surface area (Å²) in [5, 5.41) is 14.6. The van der Waals surface area contributed by atoms with E-state index in [9.17, 15) is 5.11 Å². The summed E-state index contributed by atoms with van der Waals surface area (Å²) in [7, 11) is 0. The molecule has 100 valence electrons. The Morgan fingerprint density at radius 1 is 0.900 bits per heavy atom. The number of rotatable bonds is 2. The van der Waals surface area contributed by atoms with Crippen molar-refractivity contribution < 1.29 is 5.11 Å². The quantitative estimate of drug-likeness (QED) is 0.763. The van der Waals surface area contributed by atoms with Crippen molar-refractivity contribution in [3.05, 3.63) is 65.7 Å². The average Bonchev–Trinajstić information content (AvgIpc) is 2.85. The SMILES string of the molecule is Cc1ccc(-n2nc(-c3ccccc3)cc2O)cc1C. The molecule has 0 aliphatic heterocycles. The van der Waals surface area contributed by atoms with Gasteiger partial charge in [-0.15, -0.1) is 0 Å². The first kappa shape index (κ1) is 12.5. The van der Waals surface area contributed by atoms with E-state index < -0.39 is 0 Å². The van der Waals surface area contributed by atoms with Gasteiger partial charge >= 0.3 is 0 Å². The highest BCUT2D eigenvalue weighted by atomic mass is 16.3. The number of aryl methyl sites for hydroxylation is 2. The van der Waals surface area contributed by atoms with Crippen molar-refractivity contribution in [3.63, 3.8) is 0 Å². The molecule has 3 heteroatoms. The van der Waals surface area contributed by atoms with Crippen LogP contribution in [0.2, 0.25) is 0 Å². The molecular weight excluding hydrogens is 248 g/mol. The second-order valence-electron chi connectivity index (χ2n) is 4.93. The molecule has 3 rings (SSSR count).